The zero-order valence-corrected chi connectivity index (χ0v) is 13.4. The fraction of sp³-hybridized carbons (Fsp3) is 0.647. The maximum atomic E-state index is 6.03. The highest BCUT2D eigenvalue weighted by molar-refractivity contribution is 5.34. The highest BCUT2D eigenvalue weighted by Gasteiger charge is 2.33. The summed E-state index contributed by atoms with van der Waals surface area (Å²) in [5.41, 5.74) is 6.99. The van der Waals surface area contributed by atoms with Gasteiger partial charge >= 0.3 is 0 Å². The first-order chi connectivity index (χ1) is 10.0. The molecule has 0 radical (unpaired) electrons. The molecule has 2 unspecified atom stereocenters. The Hall–Kier alpha value is -1.10. The molecule has 3 N–H and O–H groups in total. The van der Waals surface area contributed by atoms with E-state index in [2.05, 4.69) is 25.2 Å². The van der Waals surface area contributed by atoms with Gasteiger partial charge in [-0.1, -0.05) is 18.2 Å². The molecule has 4 heteroatoms. The molecule has 0 amide bonds. The number of para-hydroxylation sites is 1. The Bertz CT molecular complexity index is 458. The summed E-state index contributed by atoms with van der Waals surface area (Å²) in [5.74, 6) is 0.919. The van der Waals surface area contributed by atoms with Crippen molar-refractivity contribution in [2.75, 3.05) is 26.8 Å². The summed E-state index contributed by atoms with van der Waals surface area (Å²) in [7, 11) is 1.71. The van der Waals surface area contributed by atoms with Crippen molar-refractivity contribution in [1.82, 2.24) is 5.32 Å². The van der Waals surface area contributed by atoms with E-state index in [0.717, 1.165) is 38.2 Å². The molecular formula is C17H28N2O2. The van der Waals surface area contributed by atoms with Crippen LogP contribution in [0.4, 0.5) is 0 Å². The molecule has 21 heavy (non-hydrogen) atoms. The summed E-state index contributed by atoms with van der Waals surface area (Å²) in [6.07, 6.45) is 3.09. The minimum Gasteiger partial charge on any atom is -0.496 e. The zero-order chi connectivity index (χ0) is 15.3. The van der Waals surface area contributed by atoms with E-state index in [1.54, 1.807) is 7.11 Å². The third-order valence-corrected chi connectivity index (χ3v) is 4.41. The van der Waals surface area contributed by atoms with Gasteiger partial charge in [0, 0.05) is 25.2 Å². The molecule has 0 aliphatic carbocycles. The predicted octanol–water partition coefficient (Wildman–Crippen LogP) is 2.11. The lowest BCUT2D eigenvalue weighted by molar-refractivity contribution is 0.0151. The summed E-state index contributed by atoms with van der Waals surface area (Å²) in [4.78, 5) is 0. The van der Waals surface area contributed by atoms with Gasteiger partial charge in [0.05, 0.1) is 12.7 Å². The first kappa shape index (κ1) is 16.3. The number of ether oxygens (including phenoxy) is 2. The fourth-order valence-electron chi connectivity index (χ4n) is 2.85. The number of nitrogens with one attached hydrogen (secondary N) is 1. The molecule has 0 spiro atoms. The van der Waals surface area contributed by atoms with Crippen molar-refractivity contribution >= 4 is 0 Å². The molecule has 2 atom stereocenters. The lowest BCUT2D eigenvalue weighted by Crippen LogP contribution is -2.54. The molecule has 0 saturated carbocycles. The van der Waals surface area contributed by atoms with Crippen LogP contribution in [0.5, 0.6) is 5.75 Å². The summed E-state index contributed by atoms with van der Waals surface area (Å²) in [5, 5.41) is 3.62. The molecule has 1 saturated heterocycles. The Balaban J connectivity index is 2.03. The molecule has 1 aromatic carbocycles. The van der Waals surface area contributed by atoms with Crippen molar-refractivity contribution in [3.8, 4) is 5.75 Å². The van der Waals surface area contributed by atoms with Gasteiger partial charge in [0.15, 0.2) is 0 Å². The Morgan fingerprint density at radius 1 is 1.43 bits per heavy atom. The van der Waals surface area contributed by atoms with Gasteiger partial charge < -0.3 is 20.5 Å². The van der Waals surface area contributed by atoms with Crippen LogP contribution in [-0.2, 0) is 11.2 Å². The summed E-state index contributed by atoms with van der Waals surface area (Å²) < 4.78 is 11.3. The number of methoxy groups -OCH3 is 1. The minimum atomic E-state index is -0.163. The normalized spacial score (nSPS) is 24.8. The Kier molecular flexibility index (Phi) is 5.25. The van der Waals surface area contributed by atoms with Gasteiger partial charge in [-0.3, -0.25) is 0 Å². The van der Waals surface area contributed by atoms with Crippen molar-refractivity contribution in [1.29, 1.82) is 0 Å². The highest BCUT2D eigenvalue weighted by atomic mass is 16.5. The van der Waals surface area contributed by atoms with Crippen LogP contribution in [0, 0.1) is 0 Å². The molecule has 0 bridgehead atoms. The molecule has 2 rings (SSSR count). The third-order valence-electron chi connectivity index (χ3n) is 4.41. The number of rotatable bonds is 7. The molecule has 1 fully saturated rings. The summed E-state index contributed by atoms with van der Waals surface area (Å²) >= 11 is 0. The zero-order valence-electron chi connectivity index (χ0n) is 13.4. The second kappa shape index (κ2) is 6.77. The number of benzene rings is 1. The van der Waals surface area contributed by atoms with E-state index < -0.39 is 0 Å². The first-order valence-electron chi connectivity index (χ1n) is 7.71. The van der Waals surface area contributed by atoms with Crippen molar-refractivity contribution in [3.63, 3.8) is 0 Å². The Morgan fingerprint density at radius 3 is 2.81 bits per heavy atom. The van der Waals surface area contributed by atoms with Gasteiger partial charge in [-0.15, -0.1) is 0 Å². The van der Waals surface area contributed by atoms with Crippen LogP contribution in [0.25, 0.3) is 0 Å². The van der Waals surface area contributed by atoms with E-state index in [9.17, 15) is 0 Å². The van der Waals surface area contributed by atoms with Crippen LogP contribution in [0.1, 0.15) is 32.3 Å². The molecule has 4 nitrogen and oxygen atoms in total. The molecule has 1 heterocycles. The summed E-state index contributed by atoms with van der Waals surface area (Å²) in [6.45, 7) is 6.60. The van der Waals surface area contributed by atoms with Gasteiger partial charge in [0.2, 0.25) is 0 Å². The van der Waals surface area contributed by atoms with E-state index in [1.807, 2.05) is 18.2 Å². The molecule has 1 aromatic rings. The van der Waals surface area contributed by atoms with Crippen LogP contribution in [0.15, 0.2) is 24.3 Å². The molecule has 118 valence electrons. The van der Waals surface area contributed by atoms with Crippen LogP contribution in [-0.4, -0.2) is 37.9 Å². The van der Waals surface area contributed by atoms with Crippen LogP contribution < -0.4 is 15.8 Å². The monoisotopic (exact) mass is 292 g/mol. The van der Waals surface area contributed by atoms with Crippen molar-refractivity contribution in [3.05, 3.63) is 29.8 Å². The van der Waals surface area contributed by atoms with E-state index >= 15 is 0 Å². The van der Waals surface area contributed by atoms with Gasteiger partial charge in [-0.25, -0.2) is 0 Å². The van der Waals surface area contributed by atoms with E-state index in [0.29, 0.717) is 6.54 Å². The Morgan fingerprint density at radius 2 is 2.19 bits per heavy atom. The highest BCUT2D eigenvalue weighted by Crippen LogP contribution is 2.26. The number of hydrogen-bond acceptors (Lipinski definition) is 4. The van der Waals surface area contributed by atoms with Gasteiger partial charge in [0.25, 0.3) is 0 Å². The van der Waals surface area contributed by atoms with Crippen LogP contribution in [0.2, 0.25) is 0 Å². The molecule has 1 aliphatic heterocycles. The second-order valence-corrected chi connectivity index (χ2v) is 6.51. The van der Waals surface area contributed by atoms with Crippen LogP contribution in [0.3, 0.4) is 0 Å². The maximum absolute atomic E-state index is 6.03. The SMILES string of the molecule is COc1ccccc1CC(C)(CN)NCC1(C)CCCO1. The topological polar surface area (TPSA) is 56.5 Å². The smallest absolute Gasteiger partial charge is 0.122 e. The first-order valence-corrected chi connectivity index (χ1v) is 7.71. The van der Waals surface area contributed by atoms with Crippen molar-refractivity contribution in [2.45, 2.75) is 44.2 Å². The van der Waals surface area contributed by atoms with Gasteiger partial charge in [-0.05, 0) is 44.7 Å². The number of nitrogens with two attached hydrogens (primary N) is 1. The minimum absolute atomic E-state index is 0.0583. The molecular weight excluding hydrogens is 264 g/mol. The lowest BCUT2D eigenvalue weighted by Gasteiger charge is -2.34. The van der Waals surface area contributed by atoms with Gasteiger partial charge in [0.1, 0.15) is 5.75 Å². The quantitative estimate of drug-likeness (QED) is 0.808. The van der Waals surface area contributed by atoms with E-state index in [-0.39, 0.29) is 11.1 Å². The standard InChI is InChI=1S/C17H28N2O2/c1-16(12-18,19-13-17(2)9-6-10-21-17)11-14-7-4-5-8-15(14)20-3/h4-5,7-8,19H,6,9-13,18H2,1-3H3. The number of hydrogen-bond donors (Lipinski definition) is 2. The predicted molar refractivity (Wildman–Crippen MR) is 85.8 cm³/mol. The average molecular weight is 292 g/mol. The maximum Gasteiger partial charge on any atom is 0.122 e. The third kappa shape index (κ3) is 4.19. The summed E-state index contributed by atoms with van der Waals surface area (Å²) in [6, 6.07) is 8.12. The largest absolute Gasteiger partial charge is 0.496 e. The lowest BCUT2D eigenvalue weighted by atomic mass is 9.91. The van der Waals surface area contributed by atoms with E-state index in [4.69, 9.17) is 15.2 Å². The van der Waals surface area contributed by atoms with Crippen LogP contribution >= 0.6 is 0 Å². The van der Waals surface area contributed by atoms with Crippen molar-refractivity contribution in [2.24, 2.45) is 5.73 Å². The Labute approximate surface area is 128 Å². The van der Waals surface area contributed by atoms with Gasteiger partial charge in [-0.2, -0.15) is 0 Å². The molecule has 0 aromatic heterocycles. The fourth-order valence-corrected chi connectivity index (χ4v) is 2.85. The second-order valence-electron chi connectivity index (χ2n) is 6.51. The van der Waals surface area contributed by atoms with Crippen molar-refractivity contribution < 1.29 is 9.47 Å². The molecule has 1 aliphatic rings. The van der Waals surface area contributed by atoms with E-state index in [1.165, 1.54) is 5.56 Å². The average Bonchev–Trinajstić information content (AvgIpc) is 2.93.